The van der Waals surface area contributed by atoms with Gasteiger partial charge in [0.25, 0.3) is 5.91 Å². The van der Waals surface area contributed by atoms with Gasteiger partial charge >= 0.3 is 0 Å². The predicted octanol–water partition coefficient (Wildman–Crippen LogP) is 1.08. The van der Waals surface area contributed by atoms with E-state index in [0.717, 1.165) is 16.5 Å². The van der Waals surface area contributed by atoms with Crippen LogP contribution in [0.25, 0.3) is 0 Å². The van der Waals surface area contributed by atoms with Crippen LogP contribution in [0.1, 0.15) is 5.56 Å². The number of carbonyl (C=O) groups excluding carboxylic acids is 1. The van der Waals surface area contributed by atoms with Gasteiger partial charge in [0.05, 0.1) is 4.47 Å². The molecule has 0 atom stereocenters. The minimum Gasteiger partial charge on any atom is -0.483 e. The lowest BCUT2D eigenvalue weighted by molar-refractivity contribution is -0.122. The smallest absolute Gasteiger partial charge is 0.257 e. The van der Waals surface area contributed by atoms with Crippen LogP contribution in [-0.4, -0.2) is 26.1 Å². The predicted molar refractivity (Wildman–Crippen MR) is 66.5 cm³/mol. The molecule has 0 aromatic heterocycles. The summed E-state index contributed by atoms with van der Waals surface area (Å²) in [5.74, 6) is 0.502. The summed E-state index contributed by atoms with van der Waals surface area (Å²) in [6, 6.07) is 5.72. The van der Waals surface area contributed by atoms with Crippen molar-refractivity contribution in [2.45, 2.75) is 6.42 Å². The summed E-state index contributed by atoms with van der Waals surface area (Å²) >= 11 is 3.39. The van der Waals surface area contributed by atoms with E-state index in [0.29, 0.717) is 12.3 Å². The molecule has 16 heavy (non-hydrogen) atoms. The molecule has 0 unspecified atom stereocenters. The van der Waals surface area contributed by atoms with Crippen molar-refractivity contribution >= 4 is 21.8 Å². The molecule has 0 aliphatic carbocycles. The van der Waals surface area contributed by atoms with Crippen molar-refractivity contribution < 1.29 is 9.53 Å². The molecular formula is C11H15BrN2O2. The highest BCUT2D eigenvalue weighted by atomic mass is 79.9. The van der Waals surface area contributed by atoms with Crippen LogP contribution in [0.5, 0.6) is 5.75 Å². The Bertz CT molecular complexity index is 369. The fraction of sp³-hybridized carbons (Fsp3) is 0.364. The zero-order valence-corrected chi connectivity index (χ0v) is 10.7. The van der Waals surface area contributed by atoms with Gasteiger partial charge in [-0.15, -0.1) is 0 Å². The second-order valence-electron chi connectivity index (χ2n) is 3.27. The maximum Gasteiger partial charge on any atom is 0.257 e. The molecule has 1 rings (SSSR count). The summed E-state index contributed by atoms with van der Waals surface area (Å²) in [6.07, 6.45) is 0.828. The van der Waals surface area contributed by atoms with Crippen LogP contribution < -0.4 is 15.8 Å². The lowest BCUT2D eigenvalue weighted by atomic mass is 10.1. The number of hydrogen-bond donors (Lipinski definition) is 2. The monoisotopic (exact) mass is 286 g/mol. The van der Waals surface area contributed by atoms with Crippen LogP contribution in [0.3, 0.4) is 0 Å². The van der Waals surface area contributed by atoms with E-state index in [1.165, 1.54) is 0 Å². The Hall–Kier alpha value is -1.07. The normalized spacial score (nSPS) is 9.94. The highest BCUT2D eigenvalue weighted by Crippen LogP contribution is 2.26. The molecule has 0 bridgehead atoms. The van der Waals surface area contributed by atoms with Crippen LogP contribution in [0, 0.1) is 0 Å². The first kappa shape index (κ1) is 13.0. The van der Waals surface area contributed by atoms with Gasteiger partial charge in [0.1, 0.15) is 5.75 Å². The van der Waals surface area contributed by atoms with E-state index in [1.807, 2.05) is 18.2 Å². The number of halogens is 1. The second kappa shape index (κ2) is 6.50. The van der Waals surface area contributed by atoms with E-state index in [9.17, 15) is 4.79 Å². The molecule has 0 spiro atoms. The van der Waals surface area contributed by atoms with Crippen LogP contribution in [0.15, 0.2) is 22.7 Å². The van der Waals surface area contributed by atoms with Gasteiger partial charge in [-0.3, -0.25) is 4.79 Å². The molecule has 88 valence electrons. The Morgan fingerprint density at radius 2 is 2.31 bits per heavy atom. The molecule has 0 heterocycles. The fourth-order valence-electron chi connectivity index (χ4n) is 1.20. The third-order valence-electron chi connectivity index (χ3n) is 2.07. The molecule has 4 nitrogen and oxygen atoms in total. The fourth-order valence-corrected chi connectivity index (χ4v) is 1.74. The second-order valence-corrected chi connectivity index (χ2v) is 4.12. The van der Waals surface area contributed by atoms with Crippen molar-refractivity contribution in [3.05, 3.63) is 28.2 Å². The third kappa shape index (κ3) is 3.83. The highest BCUT2D eigenvalue weighted by molar-refractivity contribution is 9.10. The van der Waals surface area contributed by atoms with E-state index >= 15 is 0 Å². The highest BCUT2D eigenvalue weighted by Gasteiger charge is 2.04. The Kier molecular flexibility index (Phi) is 5.28. The average molecular weight is 287 g/mol. The van der Waals surface area contributed by atoms with Gasteiger partial charge in [0.2, 0.25) is 0 Å². The van der Waals surface area contributed by atoms with Gasteiger partial charge in [-0.2, -0.15) is 0 Å². The summed E-state index contributed by atoms with van der Waals surface area (Å²) in [6.45, 7) is 0.635. The van der Waals surface area contributed by atoms with Crippen molar-refractivity contribution in [3.8, 4) is 5.75 Å². The molecule has 3 N–H and O–H groups in total. The van der Waals surface area contributed by atoms with Crippen LogP contribution in [0.4, 0.5) is 0 Å². The van der Waals surface area contributed by atoms with Gasteiger partial charge in [-0.1, -0.05) is 6.07 Å². The number of likely N-dealkylation sites (N-methyl/N-ethyl adjacent to an activating group) is 1. The van der Waals surface area contributed by atoms with E-state index in [4.69, 9.17) is 10.5 Å². The van der Waals surface area contributed by atoms with Crippen molar-refractivity contribution in [2.24, 2.45) is 5.73 Å². The standard InChI is InChI=1S/C11H15BrN2O2/c1-14-11(15)7-16-10-3-2-8(4-5-13)6-9(10)12/h2-3,6H,4-5,7,13H2,1H3,(H,14,15). The molecule has 0 saturated heterocycles. The minimum absolute atomic E-state index is 0.0192. The number of nitrogens with two attached hydrogens (primary N) is 1. The number of benzene rings is 1. The van der Waals surface area contributed by atoms with E-state index in [1.54, 1.807) is 7.05 Å². The van der Waals surface area contributed by atoms with Gasteiger partial charge in [-0.25, -0.2) is 0 Å². The Morgan fingerprint density at radius 3 is 2.88 bits per heavy atom. The van der Waals surface area contributed by atoms with Gasteiger partial charge in [0, 0.05) is 7.05 Å². The first-order valence-corrected chi connectivity index (χ1v) is 5.78. The average Bonchev–Trinajstić information content (AvgIpc) is 2.28. The van der Waals surface area contributed by atoms with Crippen molar-refractivity contribution in [2.75, 3.05) is 20.2 Å². The number of nitrogens with one attached hydrogen (secondary N) is 1. The molecule has 1 aromatic carbocycles. The van der Waals surface area contributed by atoms with Gasteiger partial charge < -0.3 is 15.8 Å². The largest absolute Gasteiger partial charge is 0.483 e. The Labute approximate surface area is 103 Å². The lowest BCUT2D eigenvalue weighted by Crippen LogP contribution is -2.24. The maximum atomic E-state index is 11.0. The summed E-state index contributed by atoms with van der Waals surface area (Å²) in [5.41, 5.74) is 6.61. The maximum absolute atomic E-state index is 11.0. The Balaban J connectivity index is 2.64. The summed E-state index contributed by atoms with van der Waals surface area (Å²) < 4.78 is 6.17. The van der Waals surface area contributed by atoms with E-state index in [-0.39, 0.29) is 12.5 Å². The Morgan fingerprint density at radius 1 is 1.56 bits per heavy atom. The summed E-state index contributed by atoms with van der Waals surface area (Å²) in [7, 11) is 1.57. The SMILES string of the molecule is CNC(=O)COc1ccc(CCN)cc1Br. The summed E-state index contributed by atoms with van der Waals surface area (Å²) in [4.78, 5) is 11.0. The molecule has 1 amide bonds. The molecule has 5 heteroatoms. The quantitative estimate of drug-likeness (QED) is 0.851. The molecule has 0 aliphatic heterocycles. The van der Waals surface area contributed by atoms with Gasteiger partial charge in [-0.05, 0) is 46.6 Å². The number of rotatable bonds is 5. The number of amides is 1. The molecular weight excluding hydrogens is 272 g/mol. The van der Waals surface area contributed by atoms with Crippen LogP contribution in [-0.2, 0) is 11.2 Å². The number of carbonyl (C=O) groups is 1. The first-order valence-electron chi connectivity index (χ1n) is 4.99. The molecule has 0 radical (unpaired) electrons. The number of hydrogen-bond acceptors (Lipinski definition) is 3. The molecule has 0 saturated carbocycles. The molecule has 0 fully saturated rings. The van der Waals surface area contributed by atoms with E-state index < -0.39 is 0 Å². The van der Waals surface area contributed by atoms with Crippen molar-refractivity contribution in [3.63, 3.8) is 0 Å². The lowest BCUT2D eigenvalue weighted by Gasteiger charge is -2.08. The van der Waals surface area contributed by atoms with E-state index in [2.05, 4.69) is 21.2 Å². The number of ether oxygens (including phenoxy) is 1. The van der Waals surface area contributed by atoms with Crippen LogP contribution in [0.2, 0.25) is 0 Å². The van der Waals surface area contributed by atoms with Gasteiger partial charge in [0.15, 0.2) is 6.61 Å². The topological polar surface area (TPSA) is 64.3 Å². The first-order chi connectivity index (χ1) is 7.67. The minimum atomic E-state index is -0.155. The zero-order chi connectivity index (χ0) is 12.0. The molecule has 1 aromatic rings. The van der Waals surface area contributed by atoms with Crippen molar-refractivity contribution in [1.82, 2.24) is 5.32 Å². The summed E-state index contributed by atoms with van der Waals surface area (Å²) in [5, 5.41) is 2.49. The van der Waals surface area contributed by atoms with Crippen molar-refractivity contribution in [1.29, 1.82) is 0 Å². The molecule has 0 aliphatic rings. The third-order valence-corrected chi connectivity index (χ3v) is 2.69. The zero-order valence-electron chi connectivity index (χ0n) is 9.13. The van der Waals surface area contributed by atoms with Crippen LogP contribution >= 0.6 is 15.9 Å².